The Balaban J connectivity index is 1.93. The number of nitrogens with one attached hydrogen (secondary N) is 1. The van der Waals surface area contributed by atoms with Crippen LogP contribution >= 0.6 is 0 Å². The van der Waals surface area contributed by atoms with E-state index in [-0.39, 0.29) is 11.7 Å². The second kappa shape index (κ2) is 5.63. The number of nitrogens with zero attached hydrogens (tertiary/aromatic N) is 2. The van der Waals surface area contributed by atoms with Crippen molar-refractivity contribution in [2.75, 3.05) is 6.54 Å². The van der Waals surface area contributed by atoms with Crippen molar-refractivity contribution in [3.05, 3.63) is 65.3 Å². The van der Waals surface area contributed by atoms with Crippen LogP contribution in [0.3, 0.4) is 0 Å². The van der Waals surface area contributed by atoms with Crippen LogP contribution in [0, 0.1) is 5.82 Å². The van der Waals surface area contributed by atoms with Crippen molar-refractivity contribution in [2.45, 2.75) is 19.4 Å². The van der Waals surface area contributed by atoms with Gasteiger partial charge in [-0.15, -0.1) is 0 Å². The normalized spacial score (nSPS) is 16.7. The van der Waals surface area contributed by atoms with E-state index in [0.29, 0.717) is 34.8 Å². The number of carbonyl (C=O) groups excluding carboxylic acids is 1. The molecule has 0 saturated heterocycles. The molecule has 122 valence electrons. The van der Waals surface area contributed by atoms with Gasteiger partial charge in [-0.05, 0) is 24.6 Å². The highest BCUT2D eigenvalue weighted by atomic mass is 19.1. The largest absolute Gasteiger partial charge is 0.463 e. The summed E-state index contributed by atoms with van der Waals surface area (Å²) < 4.78 is 19.9. The van der Waals surface area contributed by atoms with Gasteiger partial charge in [-0.1, -0.05) is 25.1 Å². The molecule has 1 N–H and O–H groups in total. The van der Waals surface area contributed by atoms with Gasteiger partial charge >= 0.3 is 0 Å². The summed E-state index contributed by atoms with van der Waals surface area (Å²) in [5.74, 6) is 0.0567. The Morgan fingerprint density at radius 3 is 2.83 bits per heavy atom. The maximum atomic E-state index is 14.5. The van der Waals surface area contributed by atoms with E-state index in [1.54, 1.807) is 41.5 Å². The fraction of sp³-hybridized carbons (Fsp3) is 0.222. The maximum Gasteiger partial charge on any atom is 0.275 e. The number of H-pyrrole nitrogens is 1. The van der Waals surface area contributed by atoms with Crippen LogP contribution in [-0.2, 0) is 0 Å². The number of rotatable bonds is 4. The molecule has 0 fully saturated rings. The highest BCUT2D eigenvalue weighted by Gasteiger charge is 2.43. The molecule has 0 spiro atoms. The third-order valence-electron chi connectivity index (χ3n) is 4.28. The number of hydrogen-bond acceptors (Lipinski definition) is 3. The van der Waals surface area contributed by atoms with Crippen molar-refractivity contribution in [3.8, 4) is 11.5 Å². The minimum atomic E-state index is -0.507. The van der Waals surface area contributed by atoms with Crippen LogP contribution in [0.2, 0.25) is 0 Å². The number of halogens is 1. The average molecular weight is 325 g/mol. The summed E-state index contributed by atoms with van der Waals surface area (Å²) in [5, 5.41) is 7.05. The smallest absolute Gasteiger partial charge is 0.275 e. The van der Waals surface area contributed by atoms with Gasteiger partial charge in [-0.2, -0.15) is 5.10 Å². The zero-order valence-corrected chi connectivity index (χ0v) is 13.1. The van der Waals surface area contributed by atoms with Crippen molar-refractivity contribution in [1.29, 1.82) is 0 Å². The van der Waals surface area contributed by atoms with E-state index in [0.717, 1.165) is 6.42 Å². The molecule has 1 aliphatic rings. The van der Waals surface area contributed by atoms with Crippen LogP contribution in [0.5, 0.6) is 0 Å². The summed E-state index contributed by atoms with van der Waals surface area (Å²) in [6, 6.07) is 9.59. The molecule has 1 atom stereocenters. The molecule has 1 amide bonds. The average Bonchev–Trinajstić information content (AvgIpc) is 3.28. The fourth-order valence-electron chi connectivity index (χ4n) is 3.29. The first-order chi connectivity index (χ1) is 11.7. The van der Waals surface area contributed by atoms with E-state index in [2.05, 4.69) is 10.2 Å². The summed E-state index contributed by atoms with van der Waals surface area (Å²) in [6.07, 6.45) is 2.34. The molecule has 6 heteroatoms. The van der Waals surface area contributed by atoms with Crippen molar-refractivity contribution in [3.63, 3.8) is 0 Å². The highest BCUT2D eigenvalue weighted by Crippen LogP contribution is 2.43. The number of aromatic amines is 1. The van der Waals surface area contributed by atoms with Crippen LogP contribution in [0.15, 0.2) is 47.1 Å². The molecule has 0 unspecified atom stereocenters. The van der Waals surface area contributed by atoms with Gasteiger partial charge in [0.1, 0.15) is 11.5 Å². The zero-order chi connectivity index (χ0) is 16.7. The van der Waals surface area contributed by atoms with Gasteiger partial charge in [0, 0.05) is 17.7 Å². The van der Waals surface area contributed by atoms with Gasteiger partial charge in [0.15, 0.2) is 11.5 Å². The number of carbonyl (C=O) groups is 1. The molecule has 1 aliphatic heterocycles. The Kier molecular flexibility index (Phi) is 3.45. The predicted octanol–water partition coefficient (Wildman–Crippen LogP) is 3.76. The van der Waals surface area contributed by atoms with Crippen LogP contribution in [0.25, 0.3) is 11.5 Å². The van der Waals surface area contributed by atoms with Crippen molar-refractivity contribution < 1.29 is 13.6 Å². The lowest BCUT2D eigenvalue weighted by molar-refractivity contribution is 0.0742. The van der Waals surface area contributed by atoms with Gasteiger partial charge in [0.25, 0.3) is 5.91 Å². The Hall–Kier alpha value is -2.89. The third kappa shape index (κ3) is 2.06. The Bertz CT molecular complexity index is 886. The quantitative estimate of drug-likeness (QED) is 0.794. The second-order valence-electron chi connectivity index (χ2n) is 5.76. The molecule has 3 aromatic rings. The number of amides is 1. The SMILES string of the molecule is CCCN1C(=O)c2n[nH]c(-c3ccco3)c2[C@@H]1c1ccccc1F. The summed E-state index contributed by atoms with van der Waals surface area (Å²) in [6.45, 7) is 2.52. The predicted molar refractivity (Wildman–Crippen MR) is 85.9 cm³/mol. The van der Waals surface area contributed by atoms with Crippen molar-refractivity contribution in [1.82, 2.24) is 15.1 Å². The molecule has 0 aliphatic carbocycles. The molecule has 0 bridgehead atoms. The van der Waals surface area contributed by atoms with Gasteiger partial charge in [0.05, 0.1) is 12.3 Å². The first-order valence-corrected chi connectivity index (χ1v) is 7.90. The first-order valence-electron chi connectivity index (χ1n) is 7.90. The van der Waals surface area contributed by atoms with Crippen molar-refractivity contribution >= 4 is 5.91 Å². The van der Waals surface area contributed by atoms with Crippen LogP contribution in [0.1, 0.15) is 41.0 Å². The molecule has 2 aromatic heterocycles. The molecule has 3 heterocycles. The highest BCUT2D eigenvalue weighted by molar-refractivity contribution is 5.99. The lowest BCUT2D eigenvalue weighted by Crippen LogP contribution is -2.30. The monoisotopic (exact) mass is 325 g/mol. The van der Waals surface area contributed by atoms with Crippen LogP contribution < -0.4 is 0 Å². The minimum absolute atomic E-state index is 0.186. The number of benzene rings is 1. The molecule has 5 nitrogen and oxygen atoms in total. The van der Waals surface area contributed by atoms with Gasteiger partial charge in [-0.25, -0.2) is 4.39 Å². The molecule has 0 radical (unpaired) electrons. The minimum Gasteiger partial charge on any atom is -0.463 e. The number of hydrogen-bond donors (Lipinski definition) is 1. The van der Waals surface area contributed by atoms with Crippen LogP contribution in [-0.4, -0.2) is 27.5 Å². The van der Waals surface area contributed by atoms with E-state index >= 15 is 0 Å². The van der Waals surface area contributed by atoms with E-state index < -0.39 is 6.04 Å². The summed E-state index contributed by atoms with van der Waals surface area (Å²) in [7, 11) is 0. The topological polar surface area (TPSA) is 62.1 Å². The molecule has 0 saturated carbocycles. The molecular formula is C18H16FN3O2. The Labute approximate surface area is 138 Å². The van der Waals surface area contributed by atoms with E-state index in [9.17, 15) is 9.18 Å². The molecule has 1 aromatic carbocycles. The lowest BCUT2D eigenvalue weighted by atomic mass is 9.97. The lowest BCUT2D eigenvalue weighted by Gasteiger charge is -2.26. The van der Waals surface area contributed by atoms with Gasteiger partial charge in [-0.3, -0.25) is 9.89 Å². The van der Waals surface area contributed by atoms with Gasteiger partial charge < -0.3 is 9.32 Å². The van der Waals surface area contributed by atoms with E-state index in [1.165, 1.54) is 6.07 Å². The molecular weight excluding hydrogens is 309 g/mol. The maximum absolute atomic E-state index is 14.5. The van der Waals surface area contributed by atoms with Gasteiger partial charge in [0.2, 0.25) is 0 Å². The molecule has 24 heavy (non-hydrogen) atoms. The Morgan fingerprint density at radius 1 is 1.29 bits per heavy atom. The number of aromatic nitrogens is 2. The van der Waals surface area contributed by atoms with E-state index in [1.807, 2.05) is 6.92 Å². The van der Waals surface area contributed by atoms with Crippen molar-refractivity contribution in [2.24, 2.45) is 0 Å². The number of fused-ring (bicyclic) bond motifs is 1. The number of furan rings is 1. The summed E-state index contributed by atoms with van der Waals surface area (Å²) >= 11 is 0. The second-order valence-corrected chi connectivity index (χ2v) is 5.76. The zero-order valence-electron chi connectivity index (χ0n) is 13.1. The summed E-state index contributed by atoms with van der Waals surface area (Å²) in [5.41, 5.74) is 2.10. The first kappa shape index (κ1) is 14.7. The van der Waals surface area contributed by atoms with E-state index in [4.69, 9.17) is 4.42 Å². The van der Waals surface area contributed by atoms with Crippen LogP contribution in [0.4, 0.5) is 4.39 Å². The Morgan fingerprint density at radius 2 is 2.12 bits per heavy atom. The summed E-state index contributed by atoms with van der Waals surface area (Å²) in [4.78, 5) is 14.4. The third-order valence-corrected chi connectivity index (χ3v) is 4.28. The molecule has 4 rings (SSSR count). The fourth-order valence-corrected chi connectivity index (χ4v) is 3.29. The standard InChI is InChI=1S/C18H16FN3O2/c1-2-9-22-17(11-6-3-4-7-12(11)19)14-15(13-8-5-10-24-13)20-21-16(14)18(22)23/h3-8,10,17H,2,9H2,1H3,(H,20,21)/t17-/m0/s1.